The number of ether oxygens (including phenoxy) is 1. The Morgan fingerprint density at radius 3 is 2.48 bits per heavy atom. The van der Waals surface area contributed by atoms with Crippen molar-refractivity contribution >= 4 is 13.1 Å². The fourth-order valence-corrected chi connectivity index (χ4v) is 3.78. The number of carbonyl (C=O) groups excluding carboxylic acids is 1. The maximum atomic E-state index is 12.5. The monoisotopic (exact) mass is 373 g/mol. The van der Waals surface area contributed by atoms with Gasteiger partial charge in [-0.05, 0) is 58.5 Å². The maximum absolute atomic E-state index is 12.5. The highest BCUT2D eigenvalue weighted by Crippen LogP contribution is 2.38. The molecule has 2 fully saturated rings. The van der Waals surface area contributed by atoms with Gasteiger partial charge in [-0.1, -0.05) is 36.8 Å². The van der Waals surface area contributed by atoms with E-state index in [1.165, 1.54) is 0 Å². The van der Waals surface area contributed by atoms with E-state index in [9.17, 15) is 4.79 Å². The Balaban J connectivity index is 1.43. The third-order valence-electron chi connectivity index (χ3n) is 6.18. The van der Waals surface area contributed by atoms with Gasteiger partial charge in [0.2, 0.25) is 0 Å². The van der Waals surface area contributed by atoms with Crippen molar-refractivity contribution in [3.05, 3.63) is 35.9 Å². The quantitative estimate of drug-likeness (QED) is 0.586. The van der Waals surface area contributed by atoms with Gasteiger partial charge in [-0.25, -0.2) is 0 Å². The smallest absolute Gasteiger partial charge is 0.457 e. The van der Waals surface area contributed by atoms with Gasteiger partial charge in [0.1, 0.15) is 6.61 Å². The van der Waals surface area contributed by atoms with Crippen molar-refractivity contribution in [1.29, 1.82) is 0 Å². The summed E-state index contributed by atoms with van der Waals surface area (Å²) in [7, 11) is -0.159. The van der Waals surface area contributed by atoms with Crippen LogP contribution in [0.1, 0.15) is 46.1 Å². The van der Waals surface area contributed by atoms with Crippen LogP contribution in [0.25, 0.3) is 0 Å². The lowest BCUT2D eigenvalue weighted by Crippen LogP contribution is -2.41. The van der Waals surface area contributed by atoms with Crippen LogP contribution in [0.3, 0.4) is 0 Å². The topological polar surface area (TPSA) is 56.8 Å². The first-order valence-corrected chi connectivity index (χ1v) is 10.1. The molecule has 148 valence electrons. The number of esters is 1. The lowest BCUT2D eigenvalue weighted by Gasteiger charge is -2.32. The molecule has 1 N–H and O–H groups in total. The summed E-state index contributed by atoms with van der Waals surface area (Å²) in [5, 5.41) is 3.34. The normalized spacial score (nSPS) is 26.3. The average molecular weight is 373 g/mol. The molecule has 0 amide bonds. The van der Waals surface area contributed by atoms with Crippen molar-refractivity contribution in [2.75, 3.05) is 13.1 Å². The van der Waals surface area contributed by atoms with E-state index in [-0.39, 0.29) is 30.2 Å². The molecule has 6 heteroatoms. The van der Waals surface area contributed by atoms with Crippen molar-refractivity contribution in [3.63, 3.8) is 0 Å². The standard InChI is InChI=1S/C21H32BNO4/c1-20(2)21(3,4)27-22(26-20)12-8-11-17-13-23-14-18(17)19(24)25-15-16-9-6-5-7-10-16/h5-7,9-10,17-18,23H,8,11-15H2,1-4H3/t17-,18+/m0/s1. The van der Waals surface area contributed by atoms with Gasteiger partial charge in [0.15, 0.2) is 0 Å². The number of benzene rings is 1. The van der Waals surface area contributed by atoms with Gasteiger partial charge in [0.05, 0.1) is 17.1 Å². The summed E-state index contributed by atoms with van der Waals surface area (Å²) >= 11 is 0. The third kappa shape index (κ3) is 4.92. The molecule has 2 heterocycles. The number of rotatable bonds is 7. The predicted octanol–water partition coefficient (Wildman–Crippen LogP) is 3.44. The third-order valence-corrected chi connectivity index (χ3v) is 6.18. The molecule has 2 aliphatic heterocycles. The fourth-order valence-electron chi connectivity index (χ4n) is 3.78. The van der Waals surface area contributed by atoms with Crippen molar-refractivity contribution in [1.82, 2.24) is 5.32 Å². The van der Waals surface area contributed by atoms with Crippen LogP contribution < -0.4 is 5.32 Å². The first-order chi connectivity index (χ1) is 12.8. The number of hydrogen-bond acceptors (Lipinski definition) is 5. The fraction of sp³-hybridized carbons (Fsp3) is 0.667. The second kappa shape index (κ2) is 8.33. The van der Waals surface area contributed by atoms with E-state index in [4.69, 9.17) is 14.0 Å². The molecule has 2 aliphatic rings. The van der Waals surface area contributed by atoms with Gasteiger partial charge < -0.3 is 19.4 Å². The Morgan fingerprint density at radius 2 is 1.81 bits per heavy atom. The molecule has 0 spiro atoms. The molecule has 0 aromatic heterocycles. The summed E-state index contributed by atoms with van der Waals surface area (Å²) in [5.74, 6) is 0.159. The second-order valence-corrected chi connectivity index (χ2v) is 8.73. The Labute approximate surface area is 163 Å². The molecule has 27 heavy (non-hydrogen) atoms. The van der Waals surface area contributed by atoms with Gasteiger partial charge in [0.25, 0.3) is 0 Å². The van der Waals surface area contributed by atoms with Gasteiger partial charge in [-0.15, -0.1) is 0 Å². The van der Waals surface area contributed by atoms with Gasteiger partial charge in [-0.3, -0.25) is 4.79 Å². The van der Waals surface area contributed by atoms with Crippen LogP contribution in [0.4, 0.5) is 0 Å². The molecule has 5 nitrogen and oxygen atoms in total. The Kier molecular flexibility index (Phi) is 6.29. The van der Waals surface area contributed by atoms with E-state index in [2.05, 4.69) is 33.0 Å². The molecule has 0 radical (unpaired) electrons. The molecular weight excluding hydrogens is 341 g/mol. The number of hydrogen-bond donors (Lipinski definition) is 1. The zero-order valence-corrected chi connectivity index (χ0v) is 17.0. The van der Waals surface area contributed by atoms with Crippen LogP contribution in [0, 0.1) is 11.8 Å². The highest BCUT2D eigenvalue weighted by atomic mass is 16.7. The highest BCUT2D eigenvalue weighted by molar-refractivity contribution is 6.45. The van der Waals surface area contributed by atoms with E-state index >= 15 is 0 Å². The summed E-state index contributed by atoms with van der Waals surface area (Å²) in [6.45, 7) is 10.2. The van der Waals surface area contributed by atoms with Crippen LogP contribution in [-0.4, -0.2) is 37.4 Å². The summed E-state index contributed by atoms with van der Waals surface area (Å²) in [4.78, 5) is 12.5. The number of carbonyl (C=O) groups is 1. The van der Waals surface area contributed by atoms with Crippen LogP contribution in [0.5, 0.6) is 0 Å². The van der Waals surface area contributed by atoms with E-state index < -0.39 is 0 Å². The van der Waals surface area contributed by atoms with Crippen molar-refractivity contribution in [3.8, 4) is 0 Å². The molecule has 0 saturated carbocycles. The first-order valence-electron chi connectivity index (χ1n) is 10.1. The largest absolute Gasteiger partial charge is 0.461 e. The predicted molar refractivity (Wildman–Crippen MR) is 106 cm³/mol. The van der Waals surface area contributed by atoms with Crippen molar-refractivity contribution in [2.45, 2.75) is 64.7 Å². The summed E-state index contributed by atoms with van der Waals surface area (Å²) in [6.07, 6.45) is 2.81. The van der Waals surface area contributed by atoms with Crippen molar-refractivity contribution < 1.29 is 18.8 Å². The first kappa shape index (κ1) is 20.4. The van der Waals surface area contributed by atoms with E-state index in [0.29, 0.717) is 19.1 Å². The van der Waals surface area contributed by atoms with Crippen LogP contribution in [0.15, 0.2) is 30.3 Å². The Morgan fingerprint density at radius 1 is 1.15 bits per heavy atom. The second-order valence-electron chi connectivity index (χ2n) is 8.73. The molecule has 0 unspecified atom stereocenters. The maximum Gasteiger partial charge on any atom is 0.457 e. The molecule has 3 rings (SSSR count). The Bertz CT molecular complexity index is 618. The zero-order chi connectivity index (χ0) is 19.5. The molecule has 0 aliphatic carbocycles. The highest BCUT2D eigenvalue weighted by Gasteiger charge is 2.50. The molecular formula is C21H32BNO4. The Hall–Kier alpha value is -1.37. The molecule has 0 bridgehead atoms. The lowest BCUT2D eigenvalue weighted by atomic mass is 9.79. The molecule has 1 aromatic carbocycles. The van der Waals surface area contributed by atoms with Gasteiger partial charge in [0, 0.05) is 6.54 Å². The summed E-state index contributed by atoms with van der Waals surface area (Å²) in [6, 6.07) is 9.82. The van der Waals surface area contributed by atoms with Crippen LogP contribution in [-0.2, 0) is 25.4 Å². The van der Waals surface area contributed by atoms with Crippen molar-refractivity contribution in [2.24, 2.45) is 11.8 Å². The van der Waals surface area contributed by atoms with Gasteiger partial charge >= 0.3 is 13.1 Å². The molecule has 1 aromatic rings. The molecule has 2 atom stereocenters. The van der Waals surface area contributed by atoms with E-state index in [0.717, 1.165) is 31.3 Å². The van der Waals surface area contributed by atoms with E-state index in [1.54, 1.807) is 0 Å². The minimum Gasteiger partial charge on any atom is -0.461 e. The lowest BCUT2D eigenvalue weighted by molar-refractivity contribution is -0.150. The van der Waals surface area contributed by atoms with Gasteiger partial charge in [-0.2, -0.15) is 0 Å². The SMILES string of the molecule is CC1(C)OB(CCC[C@H]2CNC[C@H]2C(=O)OCc2ccccc2)OC1(C)C. The molecule has 2 saturated heterocycles. The van der Waals surface area contributed by atoms with Crippen LogP contribution >= 0.6 is 0 Å². The van der Waals surface area contributed by atoms with Crippen LogP contribution in [0.2, 0.25) is 6.32 Å². The summed E-state index contributed by atoms with van der Waals surface area (Å²) < 4.78 is 17.7. The number of nitrogens with one attached hydrogen (secondary N) is 1. The van der Waals surface area contributed by atoms with E-state index in [1.807, 2.05) is 30.3 Å². The minimum absolute atomic E-state index is 0.0630. The minimum atomic E-state index is -0.281. The summed E-state index contributed by atoms with van der Waals surface area (Å²) in [5.41, 5.74) is 0.460. The average Bonchev–Trinajstić information content (AvgIpc) is 3.15. The zero-order valence-electron chi connectivity index (χ0n) is 17.0.